The molecule has 1 atom stereocenters. The molecule has 1 aromatic rings. The standard InChI is InChI=1S/C15H21BrFN/c1-2-3-11(10-18-15-4-5-15)6-12-7-13(16)9-14(17)8-12/h7-9,11,15,18H,2-6,10H2,1H3. The van der Waals surface area contributed by atoms with Gasteiger partial charge >= 0.3 is 0 Å². The van der Waals surface area contributed by atoms with Crippen LogP contribution in [0.3, 0.4) is 0 Å². The number of hydrogen-bond acceptors (Lipinski definition) is 1. The second-order valence-electron chi connectivity index (χ2n) is 5.32. The van der Waals surface area contributed by atoms with E-state index in [1.54, 1.807) is 6.07 Å². The summed E-state index contributed by atoms with van der Waals surface area (Å²) in [6.07, 6.45) is 6.00. The zero-order valence-electron chi connectivity index (χ0n) is 10.9. The van der Waals surface area contributed by atoms with Crippen LogP contribution >= 0.6 is 15.9 Å². The molecule has 0 aliphatic heterocycles. The molecule has 1 unspecified atom stereocenters. The van der Waals surface area contributed by atoms with Crippen molar-refractivity contribution in [2.45, 2.75) is 45.1 Å². The summed E-state index contributed by atoms with van der Waals surface area (Å²) < 4.78 is 14.2. The van der Waals surface area contributed by atoms with E-state index in [4.69, 9.17) is 0 Å². The molecule has 1 aliphatic rings. The average Bonchev–Trinajstić information content (AvgIpc) is 3.08. The summed E-state index contributed by atoms with van der Waals surface area (Å²) in [5, 5.41) is 3.59. The molecule has 1 saturated carbocycles. The largest absolute Gasteiger partial charge is 0.314 e. The summed E-state index contributed by atoms with van der Waals surface area (Å²) in [6.45, 7) is 3.28. The lowest BCUT2D eigenvalue weighted by Crippen LogP contribution is -2.26. The summed E-state index contributed by atoms with van der Waals surface area (Å²) in [6, 6.07) is 5.96. The molecule has 0 bridgehead atoms. The minimum atomic E-state index is -0.148. The third kappa shape index (κ3) is 4.69. The fourth-order valence-corrected chi connectivity index (χ4v) is 2.88. The number of halogens is 2. The van der Waals surface area contributed by atoms with Gasteiger partial charge in [0.15, 0.2) is 0 Å². The lowest BCUT2D eigenvalue weighted by atomic mass is 9.95. The van der Waals surface area contributed by atoms with Gasteiger partial charge < -0.3 is 5.32 Å². The average molecular weight is 314 g/mol. The summed E-state index contributed by atoms with van der Waals surface area (Å²) in [7, 11) is 0. The van der Waals surface area contributed by atoms with Crippen molar-refractivity contribution < 1.29 is 4.39 Å². The van der Waals surface area contributed by atoms with Gasteiger partial charge in [-0.05, 0) is 61.9 Å². The van der Waals surface area contributed by atoms with Crippen molar-refractivity contribution in [3.63, 3.8) is 0 Å². The van der Waals surface area contributed by atoms with E-state index in [0.29, 0.717) is 5.92 Å². The van der Waals surface area contributed by atoms with Gasteiger partial charge in [-0.15, -0.1) is 0 Å². The molecule has 0 amide bonds. The van der Waals surface area contributed by atoms with Crippen LogP contribution in [0.5, 0.6) is 0 Å². The molecule has 1 N–H and O–H groups in total. The summed E-state index contributed by atoms with van der Waals surface area (Å²) in [5.74, 6) is 0.467. The quantitative estimate of drug-likeness (QED) is 0.791. The van der Waals surface area contributed by atoms with E-state index in [1.807, 2.05) is 6.07 Å². The van der Waals surface area contributed by atoms with Gasteiger partial charge in [-0.25, -0.2) is 4.39 Å². The van der Waals surface area contributed by atoms with Crippen LogP contribution in [-0.2, 0) is 6.42 Å². The summed E-state index contributed by atoms with van der Waals surface area (Å²) in [5.41, 5.74) is 1.10. The molecular weight excluding hydrogens is 293 g/mol. The first-order valence-corrected chi connectivity index (χ1v) is 7.65. The van der Waals surface area contributed by atoms with Gasteiger partial charge in [0, 0.05) is 10.5 Å². The molecule has 1 fully saturated rings. The van der Waals surface area contributed by atoms with Gasteiger partial charge in [0.2, 0.25) is 0 Å². The van der Waals surface area contributed by atoms with E-state index < -0.39 is 0 Å². The maximum atomic E-state index is 13.3. The van der Waals surface area contributed by atoms with Crippen molar-refractivity contribution in [3.8, 4) is 0 Å². The van der Waals surface area contributed by atoms with Crippen LogP contribution in [0.2, 0.25) is 0 Å². The fraction of sp³-hybridized carbons (Fsp3) is 0.600. The van der Waals surface area contributed by atoms with Crippen LogP contribution in [0.1, 0.15) is 38.2 Å². The van der Waals surface area contributed by atoms with Crippen LogP contribution in [0.15, 0.2) is 22.7 Å². The molecule has 0 heterocycles. The molecule has 1 aromatic carbocycles. The van der Waals surface area contributed by atoms with Crippen molar-refractivity contribution in [1.82, 2.24) is 5.32 Å². The second kappa shape index (κ2) is 6.67. The Morgan fingerprint density at radius 3 is 2.78 bits per heavy atom. The normalized spacial score (nSPS) is 16.8. The van der Waals surface area contributed by atoms with E-state index in [0.717, 1.165) is 29.0 Å². The highest BCUT2D eigenvalue weighted by molar-refractivity contribution is 9.10. The minimum absolute atomic E-state index is 0.148. The first-order chi connectivity index (χ1) is 8.67. The van der Waals surface area contributed by atoms with Gasteiger partial charge in [-0.3, -0.25) is 0 Å². The van der Waals surface area contributed by atoms with Crippen molar-refractivity contribution >= 4 is 15.9 Å². The maximum absolute atomic E-state index is 13.3. The Morgan fingerprint density at radius 2 is 2.17 bits per heavy atom. The fourth-order valence-electron chi connectivity index (χ4n) is 2.37. The Morgan fingerprint density at radius 1 is 1.39 bits per heavy atom. The zero-order valence-corrected chi connectivity index (χ0v) is 12.5. The van der Waals surface area contributed by atoms with Gasteiger partial charge in [-0.1, -0.05) is 29.3 Å². The molecule has 0 aromatic heterocycles. The van der Waals surface area contributed by atoms with Crippen molar-refractivity contribution in [1.29, 1.82) is 0 Å². The zero-order chi connectivity index (χ0) is 13.0. The predicted molar refractivity (Wildman–Crippen MR) is 77.2 cm³/mol. The molecule has 0 spiro atoms. The molecule has 1 aliphatic carbocycles. The van der Waals surface area contributed by atoms with Gasteiger partial charge in [0.25, 0.3) is 0 Å². The van der Waals surface area contributed by atoms with Crippen LogP contribution in [0.4, 0.5) is 4.39 Å². The monoisotopic (exact) mass is 313 g/mol. The van der Waals surface area contributed by atoms with E-state index in [9.17, 15) is 4.39 Å². The molecule has 0 saturated heterocycles. The van der Waals surface area contributed by atoms with Crippen molar-refractivity contribution in [3.05, 3.63) is 34.1 Å². The number of nitrogens with one attached hydrogen (secondary N) is 1. The molecule has 1 nitrogen and oxygen atoms in total. The predicted octanol–water partition coefficient (Wildman–Crippen LogP) is 4.30. The lowest BCUT2D eigenvalue weighted by Gasteiger charge is -2.17. The molecule has 18 heavy (non-hydrogen) atoms. The Balaban J connectivity index is 1.92. The van der Waals surface area contributed by atoms with Crippen LogP contribution < -0.4 is 5.32 Å². The topological polar surface area (TPSA) is 12.0 Å². The van der Waals surface area contributed by atoms with E-state index in [2.05, 4.69) is 28.2 Å². The van der Waals surface area contributed by atoms with E-state index >= 15 is 0 Å². The molecule has 0 radical (unpaired) electrons. The minimum Gasteiger partial charge on any atom is -0.314 e. The smallest absolute Gasteiger partial charge is 0.124 e. The SMILES string of the molecule is CCCC(CNC1CC1)Cc1cc(F)cc(Br)c1. The van der Waals surface area contributed by atoms with E-state index in [-0.39, 0.29) is 5.82 Å². The molecule has 100 valence electrons. The van der Waals surface area contributed by atoms with Gasteiger partial charge in [0.05, 0.1) is 0 Å². The number of benzene rings is 1. The maximum Gasteiger partial charge on any atom is 0.124 e. The van der Waals surface area contributed by atoms with Crippen molar-refractivity contribution in [2.75, 3.05) is 6.54 Å². The highest BCUT2D eigenvalue weighted by Crippen LogP contribution is 2.22. The van der Waals surface area contributed by atoms with Crippen molar-refractivity contribution in [2.24, 2.45) is 5.92 Å². The first-order valence-electron chi connectivity index (χ1n) is 6.85. The van der Waals surface area contributed by atoms with E-state index in [1.165, 1.54) is 31.7 Å². The van der Waals surface area contributed by atoms with Gasteiger partial charge in [0.1, 0.15) is 5.82 Å². The Bertz CT molecular complexity index is 370. The van der Waals surface area contributed by atoms with Crippen LogP contribution in [0.25, 0.3) is 0 Å². The third-order valence-electron chi connectivity index (χ3n) is 3.42. The summed E-state index contributed by atoms with van der Waals surface area (Å²) >= 11 is 3.36. The number of rotatable bonds is 7. The Labute approximate surface area is 117 Å². The Kier molecular flexibility index (Phi) is 5.19. The third-order valence-corrected chi connectivity index (χ3v) is 3.87. The molecule has 2 rings (SSSR count). The van der Waals surface area contributed by atoms with Gasteiger partial charge in [-0.2, -0.15) is 0 Å². The Hall–Kier alpha value is -0.410. The number of hydrogen-bond donors (Lipinski definition) is 1. The lowest BCUT2D eigenvalue weighted by molar-refractivity contribution is 0.436. The molecular formula is C15H21BrFN. The second-order valence-corrected chi connectivity index (χ2v) is 6.23. The van der Waals surface area contributed by atoms with Crippen LogP contribution in [0, 0.1) is 11.7 Å². The first kappa shape index (κ1) is 14.0. The molecule has 3 heteroatoms. The highest BCUT2D eigenvalue weighted by Gasteiger charge is 2.21. The van der Waals surface area contributed by atoms with Crippen LogP contribution in [-0.4, -0.2) is 12.6 Å². The summed E-state index contributed by atoms with van der Waals surface area (Å²) in [4.78, 5) is 0. The highest BCUT2D eigenvalue weighted by atomic mass is 79.9.